The summed E-state index contributed by atoms with van der Waals surface area (Å²) in [6.45, 7) is 6.91. The molecule has 8 aromatic rings. The number of hydrogen-bond donors (Lipinski definition) is 7. The molecule has 0 atom stereocenters. The fraction of sp³-hybridized carbons (Fsp3) is 0.196. The topological polar surface area (TPSA) is 426 Å². The molecule has 7 aromatic heterocycles. The molecule has 3 aliphatic heterocycles. The van der Waals surface area contributed by atoms with Gasteiger partial charge in [0.05, 0.1) is 11.9 Å². The lowest BCUT2D eigenvalue weighted by Gasteiger charge is -2.26. The van der Waals surface area contributed by atoms with E-state index in [2.05, 4.69) is 65.8 Å². The number of carbonyl (C=O) groups excluding carboxylic acids is 3. The number of sulfonamides is 2. The first-order valence-corrected chi connectivity index (χ1v) is 29.0. The van der Waals surface area contributed by atoms with Gasteiger partial charge in [0.1, 0.15) is 40.0 Å². The van der Waals surface area contributed by atoms with Gasteiger partial charge < -0.3 is 46.5 Å². The number of hydrogen-bond acceptors (Lipinski definition) is 25. The molecule has 0 spiro atoms. The predicted molar refractivity (Wildman–Crippen MR) is 322 cm³/mol. The number of aromatic nitrogens is 10. The summed E-state index contributed by atoms with van der Waals surface area (Å²) >= 11 is 16.6. The van der Waals surface area contributed by atoms with Crippen molar-refractivity contribution in [2.45, 2.75) is 37.7 Å². The summed E-state index contributed by atoms with van der Waals surface area (Å²) in [5.41, 5.74) is 14.7. The maximum atomic E-state index is 13.6. The molecule has 87 heavy (non-hydrogen) atoms. The Balaban J connectivity index is 0.000000168. The summed E-state index contributed by atoms with van der Waals surface area (Å²) in [5, 5.41) is 19.0. The number of primary sulfonamides is 2. The summed E-state index contributed by atoms with van der Waals surface area (Å²) < 4.78 is 74.6. The minimum absolute atomic E-state index is 0.0105. The fourth-order valence-corrected chi connectivity index (χ4v) is 9.17. The Kier molecular flexibility index (Phi) is 20.7. The minimum Gasteiger partial charge on any atom is -0.482 e. The Bertz CT molecular complexity index is 4190. The van der Waals surface area contributed by atoms with E-state index in [9.17, 15) is 35.6 Å². The molecule has 0 saturated heterocycles. The molecule has 3 aliphatic rings. The number of benzene rings is 1. The van der Waals surface area contributed by atoms with Crippen molar-refractivity contribution >= 4 is 136 Å². The number of ether oxygens (including phenoxy) is 3. The number of aryl methyl sites for hydroxylation is 4. The Morgan fingerprint density at radius 3 is 1.62 bits per heavy atom. The molecule has 0 radical (unpaired) electrons. The molecule has 0 saturated carbocycles. The van der Waals surface area contributed by atoms with Crippen molar-refractivity contribution < 1.29 is 49.8 Å². The van der Waals surface area contributed by atoms with Crippen molar-refractivity contribution in [2.75, 3.05) is 83.1 Å². The number of amides is 3. The highest BCUT2D eigenvalue weighted by Crippen LogP contribution is 2.36. The highest BCUT2D eigenvalue weighted by Gasteiger charge is 2.26. The molecule has 0 fully saturated rings. The van der Waals surface area contributed by atoms with Gasteiger partial charge >= 0.3 is 0 Å². The molecule has 11 N–H and O–H groups in total. The van der Waals surface area contributed by atoms with Gasteiger partial charge in [-0.2, -0.15) is 9.97 Å². The number of carbonyl (C=O) groups is 3. The van der Waals surface area contributed by atoms with Crippen molar-refractivity contribution in [1.29, 1.82) is 0 Å². The van der Waals surface area contributed by atoms with Crippen LogP contribution in [0.2, 0.25) is 15.7 Å². The molecule has 0 bridgehead atoms. The van der Waals surface area contributed by atoms with E-state index in [4.69, 9.17) is 70.8 Å². The van der Waals surface area contributed by atoms with E-state index in [0.29, 0.717) is 74.0 Å². The lowest BCUT2D eigenvalue weighted by molar-refractivity contribution is -0.121. The summed E-state index contributed by atoms with van der Waals surface area (Å²) in [5.74, 6) is 3.06. The van der Waals surface area contributed by atoms with E-state index < -0.39 is 25.9 Å². The molecular weight excluding hydrogens is 1240 g/mol. The molecule has 0 unspecified atom stereocenters. The maximum absolute atomic E-state index is 13.6. The van der Waals surface area contributed by atoms with Gasteiger partial charge in [-0.15, -0.1) is 0 Å². The van der Waals surface area contributed by atoms with Crippen LogP contribution in [-0.4, -0.2) is 125 Å². The SMILES string of the molecule is CN1C(=O)COc2ccc(N)nc21.CN1C(=O)COc2ccc(Nc3nc(Cl)ncc3F)nc21.Cc1ccc(N)nc1S(N)(=O)=O.Cc1cnc(Cl)nc1Cl.Cc1cnc(Nc2ccc(C)c(S(N)(=O)=O)n2)nc1Nc1ccc2c(c1)N(C)C(=O)CO2. The fourth-order valence-electron chi connectivity index (χ4n) is 7.24. The normalized spacial score (nSPS) is 13.1. The second-order valence-corrected chi connectivity index (χ2v) is 22.3. The van der Waals surface area contributed by atoms with Crippen LogP contribution in [0.1, 0.15) is 22.3 Å². The third-order valence-electron chi connectivity index (χ3n) is 11.8. The van der Waals surface area contributed by atoms with Gasteiger partial charge in [-0.3, -0.25) is 24.2 Å². The third kappa shape index (κ3) is 17.1. The first kappa shape index (κ1) is 65.0. The van der Waals surface area contributed by atoms with Crippen molar-refractivity contribution in [2.24, 2.45) is 10.3 Å². The predicted octanol–water partition coefficient (Wildman–Crippen LogP) is 5.47. The van der Waals surface area contributed by atoms with Crippen molar-refractivity contribution in [3.05, 3.63) is 129 Å². The molecule has 30 nitrogen and oxygen atoms in total. The van der Waals surface area contributed by atoms with E-state index in [1.165, 1.54) is 20.8 Å². The molecule has 1 aromatic carbocycles. The van der Waals surface area contributed by atoms with Crippen molar-refractivity contribution in [3.63, 3.8) is 0 Å². The Morgan fingerprint density at radius 1 is 0.517 bits per heavy atom. The van der Waals surface area contributed by atoms with Gasteiger partial charge in [-0.05, 0) is 117 Å². The second kappa shape index (κ2) is 27.7. The van der Waals surface area contributed by atoms with Crippen LogP contribution in [0.25, 0.3) is 0 Å². The highest BCUT2D eigenvalue weighted by atomic mass is 35.5. The highest BCUT2D eigenvalue weighted by molar-refractivity contribution is 7.89. The quantitative estimate of drug-likeness (QED) is 0.0732. The summed E-state index contributed by atoms with van der Waals surface area (Å²) in [6.07, 6.45) is 4.15. The summed E-state index contributed by atoms with van der Waals surface area (Å²) in [4.78, 5) is 78.2. The van der Waals surface area contributed by atoms with Crippen LogP contribution in [0.15, 0.2) is 95.4 Å². The van der Waals surface area contributed by atoms with Crippen LogP contribution in [-0.2, 0) is 34.4 Å². The smallest absolute Gasteiger partial charge is 0.265 e. The van der Waals surface area contributed by atoms with Crippen molar-refractivity contribution in [1.82, 2.24) is 49.8 Å². The average molecular weight is 1290 g/mol. The molecular formula is C51H52Cl3FN20O10S2. The van der Waals surface area contributed by atoms with Crippen LogP contribution >= 0.6 is 34.8 Å². The zero-order valence-corrected chi connectivity index (χ0v) is 50.6. The summed E-state index contributed by atoms with van der Waals surface area (Å²) in [7, 11) is -2.78. The largest absolute Gasteiger partial charge is 0.482 e. The second-order valence-electron chi connectivity index (χ2n) is 18.3. The first-order chi connectivity index (χ1) is 40.9. The molecule has 456 valence electrons. The number of halogens is 4. The zero-order valence-electron chi connectivity index (χ0n) is 46.7. The van der Waals surface area contributed by atoms with Gasteiger partial charge in [0.25, 0.3) is 37.8 Å². The number of nitrogens with one attached hydrogen (secondary N) is 3. The first-order valence-electron chi connectivity index (χ1n) is 24.8. The number of nitrogens with zero attached hydrogens (tertiary/aromatic N) is 13. The van der Waals surface area contributed by atoms with E-state index in [-0.39, 0.29) is 81.6 Å². The lowest BCUT2D eigenvalue weighted by Crippen LogP contribution is -2.36. The van der Waals surface area contributed by atoms with E-state index in [1.807, 2.05) is 19.9 Å². The number of nitrogens with two attached hydrogens (primary N) is 4. The van der Waals surface area contributed by atoms with E-state index in [0.717, 1.165) is 17.3 Å². The Hall–Kier alpha value is -9.51. The van der Waals surface area contributed by atoms with E-state index >= 15 is 0 Å². The molecule has 10 heterocycles. The number of rotatable bonds is 8. The molecule has 0 aliphatic carbocycles. The summed E-state index contributed by atoms with van der Waals surface area (Å²) in [6, 6.07) is 18.2. The van der Waals surface area contributed by atoms with Crippen molar-refractivity contribution in [3.8, 4) is 17.2 Å². The molecule has 3 amide bonds. The number of anilines is 11. The zero-order chi connectivity index (χ0) is 63.7. The number of fused-ring (bicyclic) bond motifs is 3. The van der Waals surface area contributed by atoms with Crippen LogP contribution in [0.4, 0.5) is 68.3 Å². The van der Waals surface area contributed by atoms with Crippen LogP contribution < -0.4 is 66.6 Å². The van der Waals surface area contributed by atoms with Gasteiger partial charge in [0.2, 0.25) is 16.5 Å². The lowest BCUT2D eigenvalue weighted by atomic mass is 10.2. The van der Waals surface area contributed by atoms with Gasteiger partial charge in [-0.1, -0.05) is 23.7 Å². The van der Waals surface area contributed by atoms with Gasteiger partial charge in [-0.25, -0.2) is 71.4 Å². The molecule has 11 rings (SSSR count). The average Bonchev–Trinajstić information content (AvgIpc) is 2.29. The number of pyridine rings is 4. The van der Waals surface area contributed by atoms with Crippen LogP contribution in [0.3, 0.4) is 0 Å². The van der Waals surface area contributed by atoms with Gasteiger partial charge in [0.15, 0.2) is 64.6 Å². The van der Waals surface area contributed by atoms with E-state index in [1.54, 1.807) is 102 Å². The molecule has 36 heteroatoms. The number of nitrogen functional groups attached to an aromatic ring is 2. The Labute approximate surface area is 510 Å². The number of likely N-dealkylation sites (N-methyl/N-ethyl adjacent to an activating group) is 3. The van der Waals surface area contributed by atoms with Gasteiger partial charge in [0, 0.05) is 50.4 Å². The van der Waals surface area contributed by atoms with Crippen LogP contribution in [0.5, 0.6) is 17.2 Å². The monoisotopic (exact) mass is 1290 g/mol. The standard InChI is InChI=1S/C20H21N7O4S.C12H9ClFN5O2.C8H9N3O2.C6H9N3O2S.C5H4Cl2N2/c1-11-4-7-16(24-19(11)32(21,29)30)25-20-22-9-12(2)18(26-20)23-13-5-6-15-14(8-13)27(3)17(28)10-31-15;1-19-9(20)5-21-7-2-3-8(17-11(7)19)16-10-6(14)4-15-12(13)18-10;1-11-7(12)4-13-5-2-3-6(9)10-8(5)11;1-4-2-3-5(7)9-6(4)12(8,10)11;1-3-2-8-5(7)9-4(3)6/h4-9H,10H2,1-3H3,(H2,21,29,30)(H2,22,23,24,25,26);2-4H,5H2,1H3,(H,15,16,17,18);2-3H,4H2,1H3,(H2,9,10);2-3H,1H3,(H2,7,9)(H2,8,10,11);2H,1H3. The third-order valence-corrected chi connectivity index (χ3v) is 14.5. The minimum atomic E-state index is -3.96. The van der Waals surface area contributed by atoms with Crippen LogP contribution in [0, 0.1) is 33.5 Å². The Morgan fingerprint density at radius 2 is 1.01 bits per heavy atom. The maximum Gasteiger partial charge on any atom is 0.265 e.